The second-order valence-corrected chi connectivity index (χ2v) is 2.76. The zero-order chi connectivity index (χ0) is 7.72. The third-order valence-corrected chi connectivity index (χ3v) is 2.11. The molecule has 0 aliphatic carbocycles. The molecule has 1 aliphatic heterocycles. The van der Waals surface area contributed by atoms with Crippen LogP contribution in [0.1, 0.15) is 13.8 Å². The molecule has 0 aromatic heterocycles. The number of rotatable bonds is 0. The lowest BCUT2D eigenvalue weighted by molar-refractivity contribution is -0.137. The molecule has 0 spiro atoms. The van der Waals surface area contributed by atoms with Gasteiger partial charge in [-0.25, -0.2) is 0 Å². The van der Waals surface area contributed by atoms with Crippen LogP contribution in [0.2, 0.25) is 0 Å². The molecule has 1 N–H and O–H groups in total. The van der Waals surface area contributed by atoms with Crippen LogP contribution in [0, 0.1) is 11.8 Å². The number of hydrogen-bond donors (Lipinski definition) is 1. The van der Waals surface area contributed by atoms with Gasteiger partial charge in [-0.05, 0) is 0 Å². The molecule has 1 amide bonds. The van der Waals surface area contributed by atoms with Crippen LogP contribution in [-0.2, 0) is 9.59 Å². The standard InChI is InChI=1S/C7H11NO2/c1-4-5(2)7(10)8-3-6(4)9/h4-5H,3H2,1-2H3,(H,8,10). The first-order chi connectivity index (χ1) is 4.63. The lowest BCUT2D eigenvalue weighted by atomic mass is 9.88. The highest BCUT2D eigenvalue weighted by atomic mass is 16.2. The third kappa shape index (κ3) is 1.03. The normalized spacial score (nSPS) is 33.8. The van der Waals surface area contributed by atoms with Gasteiger partial charge in [-0.3, -0.25) is 9.59 Å². The first-order valence-electron chi connectivity index (χ1n) is 3.43. The molecule has 0 aromatic carbocycles. The van der Waals surface area contributed by atoms with E-state index in [4.69, 9.17) is 0 Å². The van der Waals surface area contributed by atoms with Gasteiger partial charge in [0, 0.05) is 11.8 Å². The van der Waals surface area contributed by atoms with Crippen LogP contribution in [0.3, 0.4) is 0 Å². The van der Waals surface area contributed by atoms with Crippen LogP contribution in [0.5, 0.6) is 0 Å². The van der Waals surface area contributed by atoms with Crippen LogP contribution in [-0.4, -0.2) is 18.2 Å². The number of hydrogen-bond acceptors (Lipinski definition) is 2. The summed E-state index contributed by atoms with van der Waals surface area (Å²) < 4.78 is 0. The number of nitrogens with one attached hydrogen (secondary N) is 1. The first kappa shape index (κ1) is 7.25. The van der Waals surface area contributed by atoms with Crippen molar-refractivity contribution >= 4 is 11.7 Å². The number of ketones is 1. The average molecular weight is 141 g/mol. The van der Waals surface area contributed by atoms with Crippen molar-refractivity contribution < 1.29 is 9.59 Å². The fourth-order valence-electron chi connectivity index (χ4n) is 1.00. The van der Waals surface area contributed by atoms with E-state index in [0.717, 1.165) is 0 Å². The number of piperidine rings is 1. The van der Waals surface area contributed by atoms with Gasteiger partial charge in [0.1, 0.15) is 0 Å². The van der Waals surface area contributed by atoms with Gasteiger partial charge in [-0.2, -0.15) is 0 Å². The lowest BCUT2D eigenvalue weighted by Crippen LogP contribution is -2.46. The summed E-state index contributed by atoms with van der Waals surface area (Å²) in [5.41, 5.74) is 0. The smallest absolute Gasteiger partial charge is 0.223 e. The molecule has 56 valence electrons. The molecule has 10 heavy (non-hydrogen) atoms. The highest BCUT2D eigenvalue weighted by molar-refractivity contribution is 5.95. The average Bonchev–Trinajstić information content (AvgIpc) is 1.93. The molecule has 1 fully saturated rings. The lowest BCUT2D eigenvalue weighted by Gasteiger charge is -2.23. The van der Waals surface area contributed by atoms with Gasteiger partial charge >= 0.3 is 0 Å². The molecule has 2 unspecified atom stereocenters. The highest BCUT2D eigenvalue weighted by Gasteiger charge is 2.30. The van der Waals surface area contributed by atoms with Crippen LogP contribution < -0.4 is 5.32 Å². The predicted molar refractivity (Wildman–Crippen MR) is 36.3 cm³/mol. The second-order valence-electron chi connectivity index (χ2n) is 2.76. The maximum atomic E-state index is 10.9. The molecule has 1 saturated heterocycles. The van der Waals surface area contributed by atoms with Crippen molar-refractivity contribution in [1.82, 2.24) is 5.32 Å². The van der Waals surface area contributed by atoms with Crippen molar-refractivity contribution in [2.45, 2.75) is 13.8 Å². The molecule has 0 saturated carbocycles. The highest BCUT2D eigenvalue weighted by Crippen LogP contribution is 2.14. The summed E-state index contributed by atoms with van der Waals surface area (Å²) in [5.74, 6) is -0.130. The maximum absolute atomic E-state index is 10.9. The summed E-state index contributed by atoms with van der Waals surface area (Å²) in [6.45, 7) is 3.78. The molecular weight excluding hydrogens is 130 g/mol. The minimum absolute atomic E-state index is 0.00731. The summed E-state index contributed by atoms with van der Waals surface area (Å²) in [7, 11) is 0. The second kappa shape index (κ2) is 2.40. The van der Waals surface area contributed by atoms with E-state index in [1.54, 1.807) is 13.8 Å². The van der Waals surface area contributed by atoms with Crippen LogP contribution >= 0.6 is 0 Å². The molecular formula is C7H11NO2. The van der Waals surface area contributed by atoms with E-state index in [9.17, 15) is 9.59 Å². The number of amides is 1. The molecule has 3 nitrogen and oxygen atoms in total. The Labute approximate surface area is 59.8 Å². The SMILES string of the molecule is CC1C(=O)CNC(=O)C1C. The van der Waals surface area contributed by atoms with Gasteiger partial charge in [0.15, 0.2) is 5.78 Å². The topological polar surface area (TPSA) is 46.2 Å². The van der Waals surface area contributed by atoms with E-state index in [-0.39, 0.29) is 30.1 Å². The predicted octanol–water partition coefficient (Wildman–Crippen LogP) is -0.0425. The zero-order valence-corrected chi connectivity index (χ0v) is 6.18. The van der Waals surface area contributed by atoms with Gasteiger partial charge in [0.25, 0.3) is 0 Å². The molecule has 1 aliphatic rings. The van der Waals surface area contributed by atoms with Crippen molar-refractivity contribution in [1.29, 1.82) is 0 Å². The van der Waals surface area contributed by atoms with E-state index >= 15 is 0 Å². The van der Waals surface area contributed by atoms with Gasteiger partial charge in [-0.15, -0.1) is 0 Å². The Morgan fingerprint density at radius 1 is 1.30 bits per heavy atom. The molecule has 3 heteroatoms. The van der Waals surface area contributed by atoms with Gasteiger partial charge in [-0.1, -0.05) is 13.8 Å². The van der Waals surface area contributed by atoms with Crippen molar-refractivity contribution in [2.24, 2.45) is 11.8 Å². The number of Topliss-reactive ketones (excluding diaryl/α,β-unsaturated/α-hetero) is 1. The molecule has 1 rings (SSSR count). The molecule has 2 atom stereocenters. The summed E-state index contributed by atoms with van der Waals surface area (Å²) in [6, 6.07) is 0. The minimum Gasteiger partial charge on any atom is -0.349 e. The molecule has 0 radical (unpaired) electrons. The molecule has 0 aromatic rings. The van der Waals surface area contributed by atoms with Gasteiger partial charge in [0.2, 0.25) is 5.91 Å². The van der Waals surface area contributed by atoms with Gasteiger partial charge < -0.3 is 5.32 Å². The number of carbonyl (C=O) groups is 2. The van der Waals surface area contributed by atoms with Crippen molar-refractivity contribution in [3.63, 3.8) is 0 Å². The fraction of sp³-hybridized carbons (Fsp3) is 0.714. The Bertz CT molecular complexity index is 156. The summed E-state index contributed by atoms with van der Waals surface area (Å²) in [4.78, 5) is 21.8. The largest absolute Gasteiger partial charge is 0.349 e. The minimum atomic E-state index is -0.152. The van der Waals surface area contributed by atoms with Crippen molar-refractivity contribution in [3.8, 4) is 0 Å². The first-order valence-corrected chi connectivity index (χ1v) is 3.43. The van der Waals surface area contributed by atoms with E-state index in [2.05, 4.69) is 5.32 Å². The monoisotopic (exact) mass is 141 g/mol. The summed E-state index contributed by atoms with van der Waals surface area (Å²) in [6.07, 6.45) is 0. The van der Waals surface area contributed by atoms with Crippen molar-refractivity contribution in [2.75, 3.05) is 6.54 Å². The maximum Gasteiger partial charge on any atom is 0.223 e. The summed E-state index contributed by atoms with van der Waals surface area (Å²) >= 11 is 0. The van der Waals surface area contributed by atoms with E-state index in [1.165, 1.54) is 0 Å². The fourth-order valence-corrected chi connectivity index (χ4v) is 1.00. The van der Waals surface area contributed by atoms with Gasteiger partial charge in [0.05, 0.1) is 6.54 Å². The Hall–Kier alpha value is -0.860. The van der Waals surface area contributed by atoms with E-state index < -0.39 is 0 Å². The Morgan fingerprint density at radius 3 is 2.40 bits per heavy atom. The Balaban J connectivity index is 2.69. The van der Waals surface area contributed by atoms with E-state index in [0.29, 0.717) is 0 Å². The van der Waals surface area contributed by atoms with Crippen LogP contribution in [0.4, 0.5) is 0 Å². The molecule has 0 bridgehead atoms. The third-order valence-electron chi connectivity index (χ3n) is 2.11. The van der Waals surface area contributed by atoms with Crippen LogP contribution in [0.15, 0.2) is 0 Å². The Morgan fingerprint density at radius 2 is 1.90 bits per heavy atom. The Kier molecular flexibility index (Phi) is 1.74. The zero-order valence-electron chi connectivity index (χ0n) is 6.18. The van der Waals surface area contributed by atoms with Crippen molar-refractivity contribution in [3.05, 3.63) is 0 Å². The van der Waals surface area contributed by atoms with E-state index in [1.807, 2.05) is 0 Å². The quantitative estimate of drug-likeness (QED) is 0.514. The number of carbonyl (C=O) groups excluding carboxylic acids is 2. The molecule has 1 heterocycles. The summed E-state index contributed by atoms with van der Waals surface area (Å²) in [5, 5.41) is 2.52. The van der Waals surface area contributed by atoms with Crippen LogP contribution in [0.25, 0.3) is 0 Å².